The summed E-state index contributed by atoms with van der Waals surface area (Å²) in [6.45, 7) is 21.7. The van der Waals surface area contributed by atoms with Crippen molar-refractivity contribution in [1.29, 1.82) is 0 Å². The van der Waals surface area contributed by atoms with Gasteiger partial charge in [-0.2, -0.15) is 0 Å². The van der Waals surface area contributed by atoms with E-state index in [1.807, 2.05) is 20.8 Å². The zero-order valence-corrected chi connectivity index (χ0v) is 22.2. The minimum Gasteiger partial charge on any atom is -0.381 e. The Bertz CT molecular complexity index is 474. The van der Waals surface area contributed by atoms with Crippen LogP contribution < -0.4 is 0 Å². The van der Waals surface area contributed by atoms with Gasteiger partial charge < -0.3 is 4.74 Å². The highest BCUT2D eigenvalue weighted by atomic mass is 19.3. The standard InChI is InChI=1S/C10H18F2.C10H20.C8H16O.CH4/c1-7(2)9-8(3)5-4-6-10(9,11)12;1-8(2)10-7-5-4-6-9(10)3;1-6(2)8-5-9-4-7(8)3;/h7-9H,4-6H2,1-3H3;8-10H,4-7H2,1-3H3;6-8H,4-5H2,1-3H3;1H4. The number of hydrogen-bond donors (Lipinski definition) is 0. The molecule has 3 fully saturated rings. The smallest absolute Gasteiger partial charge is 0.251 e. The Kier molecular flexibility index (Phi) is 14.9. The van der Waals surface area contributed by atoms with Crippen LogP contribution in [0.25, 0.3) is 0 Å². The molecular formula is C29H58F2O. The monoisotopic (exact) mass is 460 g/mol. The first kappa shape index (κ1) is 31.8. The number of alkyl halides is 2. The van der Waals surface area contributed by atoms with E-state index in [1.165, 1.54) is 25.7 Å². The van der Waals surface area contributed by atoms with Crippen LogP contribution in [0.1, 0.15) is 115 Å². The van der Waals surface area contributed by atoms with Crippen molar-refractivity contribution in [3.63, 3.8) is 0 Å². The Morgan fingerprint density at radius 2 is 1.19 bits per heavy atom. The van der Waals surface area contributed by atoms with Crippen LogP contribution in [-0.4, -0.2) is 19.1 Å². The highest BCUT2D eigenvalue weighted by molar-refractivity contribution is 4.87. The van der Waals surface area contributed by atoms with Crippen molar-refractivity contribution in [2.24, 2.45) is 53.3 Å². The summed E-state index contributed by atoms with van der Waals surface area (Å²) >= 11 is 0. The third-order valence-corrected chi connectivity index (χ3v) is 8.30. The number of ether oxygens (including phenoxy) is 1. The Hall–Kier alpha value is -0.180. The van der Waals surface area contributed by atoms with Crippen molar-refractivity contribution < 1.29 is 13.5 Å². The first-order chi connectivity index (χ1) is 14.4. The second-order valence-corrected chi connectivity index (χ2v) is 12.0. The van der Waals surface area contributed by atoms with Gasteiger partial charge in [-0.05, 0) is 60.2 Å². The molecule has 3 heteroatoms. The van der Waals surface area contributed by atoms with Gasteiger partial charge in [0.05, 0.1) is 0 Å². The molecule has 0 aromatic carbocycles. The summed E-state index contributed by atoms with van der Waals surface area (Å²) in [5.74, 6) is 2.80. The van der Waals surface area contributed by atoms with E-state index in [-0.39, 0.29) is 25.7 Å². The molecule has 6 atom stereocenters. The number of rotatable bonds is 3. The van der Waals surface area contributed by atoms with Crippen molar-refractivity contribution in [3.8, 4) is 0 Å². The molecule has 2 aliphatic carbocycles. The van der Waals surface area contributed by atoms with E-state index >= 15 is 0 Å². The summed E-state index contributed by atoms with van der Waals surface area (Å²) in [7, 11) is 0. The molecule has 0 aromatic heterocycles. The van der Waals surface area contributed by atoms with E-state index < -0.39 is 11.8 Å². The minimum absolute atomic E-state index is 0. The van der Waals surface area contributed by atoms with Crippen molar-refractivity contribution >= 4 is 0 Å². The van der Waals surface area contributed by atoms with E-state index in [1.54, 1.807) is 0 Å². The maximum atomic E-state index is 13.4. The van der Waals surface area contributed by atoms with Crippen molar-refractivity contribution in [2.45, 2.75) is 121 Å². The Morgan fingerprint density at radius 3 is 1.50 bits per heavy atom. The van der Waals surface area contributed by atoms with Gasteiger partial charge in [0, 0.05) is 25.6 Å². The summed E-state index contributed by atoms with van der Waals surface area (Å²) in [6, 6.07) is 0. The molecule has 6 unspecified atom stereocenters. The third kappa shape index (κ3) is 9.98. The van der Waals surface area contributed by atoms with Crippen LogP contribution >= 0.6 is 0 Å². The first-order valence-electron chi connectivity index (χ1n) is 13.3. The molecule has 3 rings (SSSR count). The molecule has 194 valence electrons. The molecule has 1 saturated heterocycles. The predicted molar refractivity (Wildman–Crippen MR) is 137 cm³/mol. The second kappa shape index (κ2) is 14.9. The summed E-state index contributed by atoms with van der Waals surface area (Å²) in [5.41, 5.74) is 0. The molecule has 0 N–H and O–H groups in total. The quantitative estimate of drug-likeness (QED) is 0.407. The lowest BCUT2D eigenvalue weighted by molar-refractivity contribution is -0.122. The van der Waals surface area contributed by atoms with E-state index in [0.29, 0.717) is 6.42 Å². The van der Waals surface area contributed by atoms with Gasteiger partial charge >= 0.3 is 0 Å². The minimum atomic E-state index is -2.41. The average molecular weight is 461 g/mol. The zero-order valence-electron chi connectivity index (χ0n) is 22.2. The molecule has 0 radical (unpaired) electrons. The van der Waals surface area contributed by atoms with Crippen LogP contribution in [0.5, 0.6) is 0 Å². The summed E-state index contributed by atoms with van der Waals surface area (Å²) < 4.78 is 32.1. The molecular weight excluding hydrogens is 402 g/mol. The van der Waals surface area contributed by atoms with Crippen molar-refractivity contribution in [3.05, 3.63) is 0 Å². The second-order valence-electron chi connectivity index (χ2n) is 12.0. The highest BCUT2D eigenvalue weighted by Gasteiger charge is 2.46. The molecule has 0 bridgehead atoms. The van der Waals surface area contributed by atoms with E-state index in [4.69, 9.17) is 4.74 Å². The van der Waals surface area contributed by atoms with Gasteiger partial charge in [0.1, 0.15) is 0 Å². The van der Waals surface area contributed by atoms with Gasteiger partial charge in [-0.25, -0.2) is 8.78 Å². The van der Waals surface area contributed by atoms with Crippen LogP contribution in [0.15, 0.2) is 0 Å². The van der Waals surface area contributed by atoms with Crippen molar-refractivity contribution in [2.75, 3.05) is 13.2 Å². The van der Waals surface area contributed by atoms with Crippen LogP contribution in [0.2, 0.25) is 0 Å². The summed E-state index contributed by atoms with van der Waals surface area (Å²) in [4.78, 5) is 0. The number of hydrogen-bond acceptors (Lipinski definition) is 1. The van der Waals surface area contributed by atoms with E-state index in [9.17, 15) is 8.78 Å². The molecule has 3 aliphatic rings. The van der Waals surface area contributed by atoms with Gasteiger partial charge in [0.2, 0.25) is 0 Å². The fraction of sp³-hybridized carbons (Fsp3) is 1.00. The zero-order chi connectivity index (χ0) is 23.8. The van der Waals surface area contributed by atoms with Crippen LogP contribution in [0, 0.1) is 53.3 Å². The molecule has 0 spiro atoms. The fourth-order valence-corrected chi connectivity index (χ4v) is 6.43. The number of halogens is 2. The normalized spacial score (nSPS) is 34.3. The van der Waals surface area contributed by atoms with Gasteiger partial charge in [0.25, 0.3) is 5.92 Å². The fourth-order valence-electron chi connectivity index (χ4n) is 6.43. The first-order valence-corrected chi connectivity index (χ1v) is 13.3. The van der Waals surface area contributed by atoms with Gasteiger partial charge in [-0.15, -0.1) is 0 Å². The third-order valence-electron chi connectivity index (χ3n) is 8.30. The molecule has 0 amide bonds. The van der Waals surface area contributed by atoms with Crippen LogP contribution in [-0.2, 0) is 4.74 Å². The van der Waals surface area contributed by atoms with Crippen molar-refractivity contribution in [1.82, 2.24) is 0 Å². The van der Waals surface area contributed by atoms with Crippen LogP contribution in [0.4, 0.5) is 8.78 Å². The molecule has 2 saturated carbocycles. The topological polar surface area (TPSA) is 9.23 Å². The maximum Gasteiger partial charge on any atom is 0.251 e. The Balaban J connectivity index is 0.000000448. The van der Waals surface area contributed by atoms with Gasteiger partial charge in [0.15, 0.2) is 0 Å². The largest absolute Gasteiger partial charge is 0.381 e. The Labute approximate surface area is 200 Å². The average Bonchev–Trinajstić information content (AvgIpc) is 3.08. The molecule has 1 heterocycles. The van der Waals surface area contributed by atoms with Gasteiger partial charge in [-0.3, -0.25) is 0 Å². The van der Waals surface area contributed by atoms with Gasteiger partial charge in [-0.1, -0.05) is 95.4 Å². The molecule has 1 nitrogen and oxygen atoms in total. The SMILES string of the molecule is C.CC(C)C1C(C)CCCC1(F)F.CC(C)C1CCCCC1C.CC(C)C1COCC1C. The lowest BCUT2D eigenvalue weighted by atomic mass is 9.72. The molecule has 0 aromatic rings. The predicted octanol–water partition coefficient (Wildman–Crippen LogP) is 9.74. The van der Waals surface area contributed by atoms with E-state index in [2.05, 4.69) is 41.5 Å². The lowest BCUT2D eigenvalue weighted by Crippen LogP contribution is -2.40. The van der Waals surface area contributed by atoms with E-state index in [0.717, 1.165) is 55.1 Å². The lowest BCUT2D eigenvalue weighted by Gasteiger charge is -2.38. The highest BCUT2D eigenvalue weighted by Crippen LogP contribution is 2.45. The molecule has 1 aliphatic heterocycles. The Morgan fingerprint density at radius 1 is 0.656 bits per heavy atom. The van der Waals surface area contributed by atoms with Crippen LogP contribution in [0.3, 0.4) is 0 Å². The summed E-state index contributed by atoms with van der Waals surface area (Å²) in [6.07, 6.45) is 7.68. The maximum absolute atomic E-state index is 13.4. The molecule has 32 heavy (non-hydrogen) atoms. The summed E-state index contributed by atoms with van der Waals surface area (Å²) in [5, 5.41) is 0.